The van der Waals surface area contributed by atoms with E-state index in [0.717, 1.165) is 0 Å². The van der Waals surface area contributed by atoms with Crippen LogP contribution in [-0.4, -0.2) is 48.4 Å². The Hall–Kier alpha value is -4.28. The summed E-state index contributed by atoms with van der Waals surface area (Å²) in [6, 6.07) is 10.5. The van der Waals surface area contributed by atoms with E-state index in [1.54, 1.807) is 13.0 Å². The summed E-state index contributed by atoms with van der Waals surface area (Å²) in [6.45, 7) is 5.19. The van der Waals surface area contributed by atoms with Gasteiger partial charge in [-0.3, -0.25) is 24.5 Å². The van der Waals surface area contributed by atoms with E-state index in [-0.39, 0.29) is 30.5 Å². The van der Waals surface area contributed by atoms with E-state index < -0.39 is 35.3 Å². The number of carbonyl (C=O) groups excluding carboxylic acids is 4. The molecule has 0 aliphatic carbocycles. The SMILES string of the molecule is Cc1ccc(N2C[C@@H](C(=O)OCC(=O)Nc3ccc(C(=O)OCC(C)C)cc3)CC2=O)cc1[N+](=O)[O-]. The molecular weight excluding hydrogens is 470 g/mol. The number of hydrogen-bond acceptors (Lipinski definition) is 8. The number of anilines is 2. The molecule has 0 unspecified atom stereocenters. The highest BCUT2D eigenvalue weighted by atomic mass is 16.6. The molecule has 2 amide bonds. The summed E-state index contributed by atoms with van der Waals surface area (Å²) in [5.41, 5.74) is 1.40. The predicted octanol–water partition coefficient (Wildman–Crippen LogP) is 3.25. The Morgan fingerprint density at radius 2 is 1.83 bits per heavy atom. The lowest BCUT2D eigenvalue weighted by Gasteiger charge is -2.16. The zero-order valence-electron chi connectivity index (χ0n) is 20.2. The summed E-state index contributed by atoms with van der Waals surface area (Å²) >= 11 is 0. The van der Waals surface area contributed by atoms with E-state index in [2.05, 4.69) is 5.32 Å². The number of nitrogens with one attached hydrogen (secondary N) is 1. The standard InChI is InChI=1S/C25H27N3O8/c1-15(2)13-35-24(31)17-5-7-19(8-6-17)26-22(29)14-36-25(32)18-10-23(30)27(12-18)20-9-4-16(3)21(11-20)28(33)34/h4-9,11,15,18H,10,12-14H2,1-3H3,(H,26,29)/t18-/m0/s1. The van der Waals surface area contributed by atoms with Crippen LogP contribution in [0.1, 0.15) is 36.2 Å². The van der Waals surface area contributed by atoms with Gasteiger partial charge in [-0.25, -0.2) is 4.79 Å². The summed E-state index contributed by atoms with van der Waals surface area (Å²) in [5.74, 6) is -2.73. The molecule has 3 rings (SSSR count). The number of esters is 2. The van der Waals surface area contributed by atoms with Crippen LogP contribution in [0.5, 0.6) is 0 Å². The van der Waals surface area contributed by atoms with Crippen LogP contribution in [0.15, 0.2) is 42.5 Å². The van der Waals surface area contributed by atoms with E-state index in [1.165, 1.54) is 41.3 Å². The van der Waals surface area contributed by atoms with Gasteiger partial charge in [0.25, 0.3) is 11.6 Å². The summed E-state index contributed by atoms with van der Waals surface area (Å²) in [6.07, 6.45) is -0.128. The van der Waals surface area contributed by atoms with E-state index in [0.29, 0.717) is 29.1 Å². The Morgan fingerprint density at radius 1 is 1.14 bits per heavy atom. The first-order valence-corrected chi connectivity index (χ1v) is 11.3. The quantitative estimate of drug-likeness (QED) is 0.316. The van der Waals surface area contributed by atoms with Crippen LogP contribution in [0.2, 0.25) is 0 Å². The molecule has 2 aromatic rings. The minimum atomic E-state index is -0.804. The third-order valence-corrected chi connectivity index (χ3v) is 5.46. The highest BCUT2D eigenvalue weighted by molar-refractivity contribution is 6.00. The first kappa shape index (κ1) is 26.3. The summed E-state index contributed by atoms with van der Waals surface area (Å²) < 4.78 is 10.2. The molecule has 0 aromatic heterocycles. The van der Waals surface area contributed by atoms with E-state index in [1.807, 2.05) is 13.8 Å². The Kier molecular flexibility index (Phi) is 8.36. The lowest BCUT2D eigenvalue weighted by atomic mass is 10.1. The fourth-order valence-corrected chi connectivity index (χ4v) is 3.54. The maximum absolute atomic E-state index is 12.4. The van der Waals surface area contributed by atoms with Crippen LogP contribution >= 0.6 is 0 Å². The van der Waals surface area contributed by atoms with Gasteiger partial charge in [0.05, 0.1) is 28.7 Å². The molecule has 11 heteroatoms. The van der Waals surface area contributed by atoms with Crippen molar-refractivity contribution in [3.8, 4) is 0 Å². The van der Waals surface area contributed by atoms with Crippen molar-refractivity contribution >= 4 is 40.8 Å². The number of benzene rings is 2. The van der Waals surface area contributed by atoms with E-state index >= 15 is 0 Å². The number of nitro benzene ring substituents is 1. The smallest absolute Gasteiger partial charge is 0.338 e. The lowest BCUT2D eigenvalue weighted by Crippen LogP contribution is -2.28. The molecule has 1 aliphatic heterocycles. The number of aryl methyl sites for hydroxylation is 1. The minimum Gasteiger partial charge on any atom is -0.462 e. The zero-order chi connectivity index (χ0) is 26.4. The van der Waals surface area contributed by atoms with Gasteiger partial charge in [-0.2, -0.15) is 0 Å². The van der Waals surface area contributed by atoms with Crippen LogP contribution in [0.4, 0.5) is 17.1 Å². The number of amides is 2. The molecule has 190 valence electrons. The molecule has 2 aromatic carbocycles. The normalized spacial score (nSPS) is 15.1. The molecule has 36 heavy (non-hydrogen) atoms. The van der Waals surface area contributed by atoms with Gasteiger partial charge in [-0.1, -0.05) is 19.9 Å². The maximum atomic E-state index is 12.4. The largest absolute Gasteiger partial charge is 0.462 e. The molecule has 1 aliphatic rings. The average Bonchev–Trinajstić information content (AvgIpc) is 3.23. The third-order valence-electron chi connectivity index (χ3n) is 5.46. The summed E-state index contributed by atoms with van der Waals surface area (Å²) in [4.78, 5) is 61.0. The topological polar surface area (TPSA) is 145 Å². The number of hydrogen-bond donors (Lipinski definition) is 1. The number of ether oxygens (including phenoxy) is 2. The Bertz CT molecular complexity index is 1180. The Labute approximate surface area is 207 Å². The number of carbonyl (C=O) groups is 4. The highest BCUT2D eigenvalue weighted by Crippen LogP contribution is 2.30. The molecular formula is C25H27N3O8. The monoisotopic (exact) mass is 497 g/mol. The van der Waals surface area contributed by atoms with Crippen molar-refractivity contribution in [3.05, 3.63) is 63.7 Å². The molecule has 0 bridgehead atoms. The summed E-state index contributed by atoms with van der Waals surface area (Å²) in [7, 11) is 0. The van der Waals surface area contributed by atoms with Crippen LogP contribution in [0, 0.1) is 28.9 Å². The van der Waals surface area contributed by atoms with Gasteiger partial charge in [0, 0.05) is 30.3 Å². The van der Waals surface area contributed by atoms with Crippen molar-refractivity contribution in [2.45, 2.75) is 27.2 Å². The lowest BCUT2D eigenvalue weighted by molar-refractivity contribution is -0.385. The van der Waals surface area contributed by atoms with Gasteiger partial charge in [0.2, 0.25) is 5.91 Å². The third kappa shape index (κ3) is 6.65. The second-order valence-corrected chi connectivity index (χ2v) is 8.86. The average molecular weight is 498 g/mol. The molecule has 11 nitrogen and oxygen atoms in total. The number of rotatable bonds is 9. The maximum Gasteiger partial charge on any atom is 0.338 e. The van der Waals surface area contributed by atoms with Crippen molar-refractivity contribution in [1.82, 2.24) is 0 Å². The van der Waals surface area contributed by atoms with Gasteiger partial charge in [-0.05, 0) is 43.2 Å². The van der Waals surface area contributed by atoms with Gasteiger partial charge in [-0.15, -0.1) is 0 Å². The van der Waals surface area contributed by atoms with Crippen molar-refractivity contribution < 1.29 is 33.6 Å². The molecule has 1 heterocycles. The molecule has 0 saturated carbocycles. The van der Waals surface area contributed by atoms with Crippen LogP contribution < -0.4 is 10.2 Å². The molecule has 1 saturated heterocycles. The zero-order valence-corrected chi connectivity index (χ0v) is 20.2. The minimum absolute atomic E-state index is 0.00608. The van der Waals surface area contributed by atoms with Crippen LogP contribution in [-0.2, 0) is 23.9 Å². The van der Waals surface area contributed by atoms with Crippen molar-refractivity contribution in [1.29, 1.82) is 0 Å². The molecule has 1 fully saturated rings. The van der Waals surface area contributed by atoms with Crippen LogP contribution in [0.3, 0.4) is 0 Å². The highest BCUT2D eigenvalue weighted by Gasteiger charge is 2.37. The van der Waals surface area contributed by atoms with Gasteiger partial charge in [0.15, 0.2) is 6.61 Å². The van der Waals surface area contributed by atoms with E-state index in [9.17, 15) is 29.3 Å². The van der Waals surface area contributed by atoms with Crippen molar-refractivity contribution in [2.75, 3.05) is 30.0 Å². The van der Waals surface area contributed by atoms with Crippen molar-refractivity contribution in [3.63, 3.8) is 0 Å². The van der Waals surface area contributed by atoms with Crippen molar-refractivity contribution in [2.24, 2.45) is 11.8 Å². The second kappa shape index (κ2) is 11.4. The molecule has 1 N–H and O–H groups in total. The van der Waals surface area contributed by atoms with Crippen LogP contribution in [0.25, 0.3) is 0 Å². The fourth-order valence-electron chi connectivity index (χ4n) is 3.54. The second-order valence-electron chi connectivity index (χ2n) is 8.86. The Balaban J connectivity index is 1.50. The Morgan fingerprint density at radius 3 is 2.47 bits per heavy atom. The first-order valence-electron chi connectivity index (χ1n) is 11.3. The fraction of sp³-hybridized carbons (Fsp3) is 0.360. The van der Waals surface area contributed by atoms with Gasteiger partial charge >= 0.3 is 11.9 Å². The van der Waals surface area contributed by atoms with Gasteiger partial charge in [0.1, 0.15) is 0 Å². The molecule has 0 radical (unpaired) electrons. The predicted molar refractivity (Wildman–Crippen MR) is 129 cm³/mol. The molecule has 0 spiro atoms. The summed E-state index contributed by atoms with van der Waals surface area (Å²) in [5, 5.41) is 13.7. The number of nitrogens with zero attached hydrogens (tertiary/aromatic N) is 2. The van der Waals surface area contributed by atoms with E-state index in [4.69, 9.17) is 9.47 Å². The first-order chi connectivity index (χ1) is 17.0. The number of nitro groups is 1. The molecule has 1 atom stereocenters. The van der Waals surface area contributed by atoms with Gasteiger partial charge < -0.3 is 19.7 Å².